The van der Waals surface area contributed by atoms with Gasteiger partial charge in [-0.25, -0.2) is 0 Å². The fraction of sp³-hybridized carbons (Fsp3) is 0.857. The van der Waals surface area contributed by atoms with Crippen LogP contribution in [0.4, 0.5) is 0 Å². The number of nitrogens with one attached hydrogen (secondary N) is 1. The molecule has 1 aliphatic rings. The maximum atomic E-state index is 9.95. The molecule has 3 heteroatoms. The molecule has 0 aromatic heterocycles. The Morgan fingerprint density at radius 3 is 2.80 bits per heavy atom. The highest BCUT2D eigenvalue weighted by Crippen LogP contribution is 2.50. The van der Waals surface area contributed by atoms with Crippen LogP contribution in [0.25, 0.3) is 0 Å². The van der Waals surface area contributed by atoms with E-state index >= 15 is 0 Å². The molecule has 1 amide bonds. The summed E-state index contributed by atoms with van der Waals surface area (Å²) in [6.07, 6.45) is 5.76. The third-order valence-corrected chi connectivity index (χ3v) is 3.10. The van der Waals surface area contributed by atoms with Crippen molar-refractivity contribution in [2.24, 2.45) is 0 Å². The fourth-order valence-electron chi connectivity index (χ4n) is 1.15. The molecule has 0 radical (unpaired) electrons. The number of carbonyl (C=O) groups excluding carboxylic acids is 1. The fourth-order valence-corrected chi connectivity index (χ4v) is 2.06. The Bertz CT molecular complexity index is 123. The average Bonchev–Trinajstić information content (AvgIpc) is 2.67. The first-order valence-corrected chi connectivity index (χ1v) is 4.52. The maximum absolute atomic E-state index is 9.95. The molecule has 0 bridgehead atoms. The van der Waals surface area contributed by atoms with Gasteiger partial charge in [0, 0.05) is 4.75 Å². The molecule has 1 N–H and O–H groups in total. The molecule has 0 aromatic rings. The molecule has 1 aliphatic carbocycles. The van der Waals surface area contributed by atoms with Crippen LogP contribution >= 0.6 is 11.9 Å². The minimum absolute atomic E-state index is 0.426. The molecule has 1 fully saturated rings. The van der Waals surface area contributed by atoms with Gasteiger partial charge in [-0.05, 0) is 31.2 Å². The molecule has 2 nitrogen and oxygen atoms in total. The summed E-state index contributed by atoms with van der Waals surface area (Å²) in [6, 6.07) is 0. The highest BCUT2D eigenvalue weighted by atomic mass is 32.2. The molecule has 0 heterocycles. The molecule has 0 aromatic carbocycles. The van der Waals surface area contributed by atoms with Crippen LogP contribution in [0.1, 0.15) is 32.6 Å². The predicted octanol–water partition coefficient (Wildman–Crippen LogP) is 1.71. The molecule has 0 atom stereocenters. The zero-order valence-electron chi connectivity index (χ0n) is 6.22. The normalized spacial score (nSPS) is 20.1. The van der Waals surface area contributed by atoms with Crippen molar-refractivity contribution in [3.63, 3.8) is 0 Å². The molecule has 0 spiro atoms. The van der Waals surface area contributed by atoms with Gasteiger partial charge in [0.05, 0.1) is 0 Å². The first-order chi connectivity index (χ1) is 4.83. The second-order valence-electron chi connectivity index (χ2n) is 2.77. The lowest BCUT2D eigenvalue weighted by Crippen LogP contribution is -2.10. The number of rotatable bonds is 5. The molecule has 1 saturated carbocycles. The van der Waals surface area contributed by atoms with Crippen LogP contribution in [0.5, 0.6) is 0 Å². The van der Waals surface area contributed by atoms with Crippen molar-refractivity contribution in [3.8, 4) is 0 Å². The van der Waals surface area contributed by atoms with Gasteiger partial charge in [-0.15, -0.1) is 0 Å². The van der Waals surface area contributed by atoms with Gasteiger partial charge in [0.15, 0.2) is 0 Å². The molecular weight excluding hydrogens is 146 g/mol. The van der Waals surface area contributed by atoms with E-state index in [0.717, 1.165) is 6.41 Å². The Morgan fingerprint density at radius 2 is 2.40 bits per heavy atom. The lowest BCUT2D eigenvalue weighted by molar-refractivity contribution is -0.107. The van der Waals surface area contributed by atoms with Crippen LogP contribution in [0.3, 0.4) is 0 Å². The summed E-state index contributed by atoms with van der Waals surface area (Å²) in [5.41, 5.74) is 0. The van der Waals surface area contributed by atoms with E-state index in [2.05, 4.69) is 11.6 Å². The number of amides is 1. The number of hydrogen-bond donors (Lipinski definition) is 1. The summed E-state index contributed by atoms with van der Waals surface area (Å²) >= 11 is 1.60. The smallest absolute Gasteiger partial charge is 0.216 e. The molecule has 1 rings (SSSR count). The minimum atomic E-state index is 0.426. The Morgan fingerprint density at radius 1 is 1.70 bits per heavy atom. The van der Waals surface area contributed by atoms with E-state index in [1.54, 1.807) is 11.9 Å². The first kappa shape index (κ1) is 7.92. The van der Waals surface area contributed by atoms with Crippen LogP contribution in [0.2, 0.25) is 0 Å². The predicted molar refractivity (Wildman–Crippen MR) is 43.7 cm³/mol. The van der Waals surface area contributed by atoms with E-state index in [1.165, 1.54) is 25.7 Å². The van der Waals surface area contributed by atoms with Gasteiger partial charge in [0.2, 0.25) is 6.41 Å². The van der Waals surface area contributed by atoms with Crippen molar-refractivity contribution in [1.82, 2.24) is 4.72 Å². The van der Waals surface area contributed by atoms with Crippen LogP contribution in [0.15, 0.2) is 0 Å². The molecule has 0 unspecified atom stereocenters. The zero-order chi connectivity index (χ0) is 7.45. The van der Waals surface area contributed by atoms with Crippen molar-refractivity contribution in [2.75, 3.05) is 0 Å². The van der Waals surface area contributed by atoms with Crippen LogP contribution in [0, 0.1) is 0 Å². The Balaban J connectivity index is 2.16. The standard InChI is InChI=1S/C7H13NOS/c1-2-3-7(4-5-7)10-8-6-9/h6H,2-5H2,1H3,(H,8,9). The average molecular weight is 159 g/mol. The number of hydrogen-bond acceptors (Lipinski definition) is 2. The highest BCUT2D eigenvalue weighted by Gasteiger charge is 2.42. The van der Waals surface area contributed by atoms with Crippen LogP contribution in [-0.2, 0) is 4.79 Å². The summed E-state index contributed by atoms with van der Waals surface area (Å²) in [5.74, 6) is 0. The van der Waals surface area contributed by atoms with Gasteiger partial charge in [-0.3, -0.25) is 4.79 Å². The topological polar surface area (TPSA) is 29.1 Å². The third kappa shape index (κ3) is 1.90. The van der Waals surface area contributed by atoms with Gasteiger partial charge in [-0.1, -0.05) is 13.3 Å². The third-order valence-electron chi connectivity index (χ3n) is 1.84. The highest BCUT2D eigenvalue weighted by molar-refractivity contribution is 7.99. The van der Waals surface area contributed by atoms with Gasteiger partial charge in [0.1, 0.15) is 0 Å². The molecule has 58 valence electrons. The zero-order valence-corrected chi connectivity index (χ0v) is 7.04. The Labute approximate surface area is 65.9 Å². The summed E-state index contributed by atoms with van der Waals surface area (Å²) in [4.78, 5) is 9.95. The van der Waals surface area contributed by atoms with Crippen LogP contribution in [-0.4, -0.2) is 11.2 Å². The van der Waals surface area contributed by atoms with E-state index in [-0.39, 0.29) is 0 Å². The molecule has 0 aliphatic heterocycles. The second kappa shape index (κ2) is 3.28. The Kier molecular flexibility index (Phi) is 2.60. The van der Waals surface area contributed by atoms with Crippen LogP contribution < -0.4 is 4.72 Å². The summed E-state index contributed by atoms with van der Waals surface area (Å²) < 4.78 is 3.10. The monoisotopic (exact) mass is 159 g/mol. The first-order valence-electron chi connectivity index (χ1n) is 3.70. The lowest BCUT2D eigenvalue weighted by Gasteiger charge is -2.10. The second-order valence-corrected chi connectivity index (χ2v) is 4.08. The summed E-state index contributed by atoms with van der Waals surface area (Å²) in [5, 5.41) is 0. The largest absolute Gasteiger partial charge is 0.302 e. The molecule has 10 heavy (non-hydrogen) atoms. The maximum Gasteiger partial charge on any atom is 0.216 e. The SMILES string of the molecule is CCCC1(SNC=O)CC1. The molecular formula is C7H13NOS. The number of carbonyl (C=O) groups is 1. The molecule has 0 saturated heterocycles. The summed E-state index contributed by atoms with van der Waals surface area (Å²) in [6.45, 7) is 2.18. The van der Waals surface area contributed by atoms with Gasteiger partial charge >= 0.3 is 0 Å². The van der Waals surface area contributed by atoms with Gasteiger partial charge < -0.3 is 4.72 Å². The minimum Gasteiger partial charge on any atom is -0.302 e. The van der Waals surface area contributed by atoms with E-state index < -0.39 is 0 Å². The van der Waals surface area contributed by atoms with Gasteiger partial charge in [-0.2, -0.15) is 0 Å². The quantitative estimate of drug-likeness (QED) is 0.489. The van der Waals surface area contributed by atoms with Crippen molar-refractivity contribution in [2.45, 2.75) is 37.4 Å². The Hall–Kier alpha value is -0.180. The van der Waals surface area contributed by atoms with Crippen molar-refractivity contribution >= 4 is 18.4 Å². The van der Waals surface area contributed by atoms with Crippen molar-refractivity contribution < 1.29 is 4.79 Å². The lowest BCUT2D eigenvalue weighted by atomic mass is 10.2. The van der Waals surface area contributed by atoms with E-state index in [1.807, 2.05) is 0 Å². The van der Waals surface area contributed by atoms with E-state index in [4.69, 9.17) is 0 Å². The van der Waals surface area contributed by atoms with Crippen molar-refractivity contribution in [3.05, 3.63) is 0 Å². The van der Waals surface area contributed by atoms with Gasteiger partial charge in [0.25, 0.3) is 0 Å². The van der Waals surface area contributed by atoms with E-state index in [9.17, 15) is 4.79 Å². The summed E-state index contributed by atoms with van der Waals surface area (Å²) in [7, 11) is 0. The van der Waals surface area contributed by atoms with E-state index in [0.29, 0.717) is 4.75 Å². The van der Waals surface area contributed by atoms with Crippen molar-refractivity contribution in [1.29, 1.82) is 0 Å².